The lowest BCUT2D eigenvalue weighted by atomic mass is 10.1. The molecule has 0 atom stereocenters. The molecular formula is C56H42F3NSi2. The summed E-state index contributed by atoms with van der Waals surface area (Å²) in [4.78, 5) is 0. The van der Waals surface area contributed by atoms with Gasteiger partial charge in [0.05, 0.1) is 16.6 Å². The monoisotopic (exact) mass is 841 g/mol. The first-order chi connectivity index (χ1) is 30.3. The van der Waals surface area contributed by atoms with Gasteiger partial charge in [-0.1, -0.05) is 206 Å². The highest BCUT2D eigenvalue weighted by Gasteiger charge is 2.43. The number of aryl methyl sites for hydroxylation is 1. The first kappa shape index (κ1) is 39.2. The van der Waals surface area contributed by atoms with E-state index >= 15 is 0 Å². The third kappa shape index (κ3) is 6.46. The second-order valence-corrected chi connectivity index (χ2v) is 23.7. The van der Waals surface area contributed by atoms with E-state index in [4.69, 9.17) is 0 Å². The summed E-state index contributed by atoms with van der Waals surface area (Å²) in [7, 11) is -5.95. The van der Waals surface area contributed by atoms with Gasteiger partial charge < -0.3 is 4.57 Å². The van der Waals surface area contributed by atoms with E-state index in [-0.39, 0.29) is 0 Å². The number of rotatable bonds is 9. The maximum absolute atomic E-state index is 14.6. The molecular weight excluding hydrogens is 800 g/mol. The van der Waals surface area contributed by atoms with Crippen LogP contribution in [0.2, 0.25) is 0 Å². The van der Waals surface area contributed by atoms with Crippen LogP contribution < -0.4 is 41.5 Å². The average Bonchev–Trinajstić information content (AvgIpc) is 3.64. The molecule has 1 heterocycles. The molecule has 9 aromatic carbocycles. The Morgan fingerprint density at radius 1 is 0.339 bits per heavy atom. The van der Waals surface area contributed by atoms with Crippen LogP contribution in [0.1, 0.15) is 11.1 Å². The third-order valence-electron chi connectivity index (χ3n) is 12.5. The Kier molecular flexibility index (Phi) is 9.98. The molecule has 0 bridgehead atoms. The lowest BCUT2D eigenvalue weighted by molar-refractivity contribution is -0.137. The van der Waals surface area contributed by atoms with E-state index < -0.39 is 27.9 Å². The molecule has 6 heteroatoms. The Morgan fingerprint density at radius 3 is 0.935 bits per heavy atom. The smallest absolute Gasteiger partial charge is 0.309 e. The highest BCUT2D eigenvalue weighted by molar-refractivity contribution is 7.20. The maximum atomic E-state index is 14.6. The SMILES string of the molecule is Cc1cc(-n2c3ccc([Si](c4ccccc4)(c4ccccc4)c4ccccc4)cc3c3cc([Si](c4ccccc4)(c4ccccc4)c4ccccc4)ccc32)cc(C(F)(F)F)c1. The van der Waals surface area contributed by atoms with Gasteiger partial charge in [-0.3, -0.25) is 0 Å². The molecule has 1 nitrogen and oxygen atoms in total. The molecule has 62 heavy (non-hydrogen) atoms. The fourth-order valence-electron chi connectivity index (χ4n) is 9.95. The van der Waals surface area contributed by atoms with Crippen molar-refractivity contribution in [2.24, 2.45) is 0 Å². The van der Waals surface area contributed by atoms with Crippen molar-refractivity contribution in [2.75, 3.05) is 0 Å². The fourth-order valence-corrected chi connectivity index (χ4v) is 19.5. The molecule has 0 spiro atoms. The summed E-state index contributed by atoms with van der Waals surface area (Å²) in [6.07, 6.45) is -4.50. The van der Waals surface area contributed by atoms with Crippen molar-refractivity contribution >= 4 is 79.4 Å². The van der Waals surface area contributed by atoms with E-state index in [0.29, 0.717) is 11.3 Å². The topological polar surface area (TPSA) is 4.93 Å². The van der Waals surface area contributed by atoms with Gasteiger partial charge in [0.1, 0.15) is 0 Å². The van der Waals surface area contributed by atoms with Crippen LogP contribution in [0.25, 0.3) is 27.5 Å². The molecule has 1 aromatic heterocycles. The van der Waals surface area contributed by atoms with E-state index in [1.807, 2.05) is 10.6 Å². The number of halogens is 3. The molecule has 0 radical (unpaired) electrons. The predicted molar refractivity (Wildman–Crippen MR) is 258 cm³/mol. The Morgan fingerprint density at radius 2 is 0.645 bits per heavy atom. The number of aromatic nitrogens is 1. The van der Waals surface area contributed by atoms with Crippen LogP contribution in [0, 0.1) is 6.92 Å². The zero-order valence-corrected chi connectivity index (χ0v) is 36.1. The normalized spacial score (nSPS) is 12.2. The number of hydrogen-bond acceptors (Lipinski definition) is 0. The summed E-state index contributed by atoms with van der Waals surface area (Å²) in [5.41, 5.74) is 2.06. The minimum Gasteiger partial charge on any atom is -0.309 e. The van der Waals surface area contributed by atoms with Crippen molar-refractivity contribution in [1.82, 2.24) is 4.57 Å². The van der Waals surface area contributed by atoms with Crippen LogP contribution in [-0.2, 0) is 6.18 Å². The zero-order valence-electron chi connectivity index (χ0n) is 34.1. The quantitative estimate of drug-likeness (QED) is 0.101. The summed E-state index contributed by atoms with van der Waals surface area (Å²) in [5, 5.41) is 11.9. The van der Waals surface area contributed by atoms with Crippen LogP contribution >= 0.6 is 0 Å². The molecule has 0 saturated heterocycles. The first-order valence-electron chi connectivity index (χ1n) is 20.9. The van der Waals surface area contributed by atoms with Crippen LogP contribution in [0.4, 0.5) is 13.2 Å². The van der Waals surface area contributed by atoms with Crippen molar-refractivity contribution in [3.63, 3.8) is 0 Å². The molecule has 0 aliphatic heterocycles. The molecule has 0 aliphatic rings. The Balaban J connectivity index is 1.36. The molecule has 0 amide bonds. The van der Waals surface area contributed by atoms with Crippen LogP contribution in [0.15, 0.2) is 237 Å². The highest BCUT2D eigenvalue weighted by Crippen LogP contribution is 2.36. The minimum absolute atomic E-state index is 0.480. The van der Waals surface area contributed by atoms with Gasteiger partial charge in [0.15, 0.2) is 16.1 Å². The second-order valence-electron chi connectivity index (χ2n) is 16.1. The summed E-state index contributed by atoms with van der Waals surface area (Å²) < 4.78 is 45.7. The Bertz CT molecular complexity index is 2780. The van der Waals surface area contributed by atoms with Gasteiger partial charge in [-0.25, -0.2) is 0 Å². The molecule has 10 aromatic rings. The van der Waals surface area contributed by atoms with Gasteiger partial charge in [-0.2, -0.15) is 13.2 Å². The van der Waals surface area contributed by atoms with Crippen LogP contribution in [-0.4, -0.2) is 20.7 Å². The molecule has 0 unspecified atom stereocenters. The van der Waals surface area contributed by atoms with Crippen molar-refractivity contribution in [1.29, 1.82) is 0 Å². The van der Waals surface area contributed by atoms with Crippen molar-refractivity contribution in [3.8, 4) is 5.69 Å². The average molecular weight is 842 g/mol. The summed E-state index contributed by atoms with van der Waals surface area (Å²) in [6.45, 7) is 1.74. The van der Waals surface area contributed by atoms with Crippen LogP contribution in [0.3, 0.4) is 0 Å². The van der Waals surface area contributed by atoms with Gasteiger partial charge in [-0.15, -0.1) is 0 Å². The van der Waals surface area contributed by atoms with E-state index in [2.05, 4.69) is 218 Å². The number of hydrogen-bond donors (Lipinski definition) is 0. The maximum Gasteiger partial charge on any atom is 0.416 e. The summed E-state index contributed by atoms with van der Waals surface area (Å²) >= 11 is 0. The molecule has 0 aliphatic carbocycles. The number of alkyl halides is 3. The highest BCUT2D eigenvalue weighted by atomic mass is 28.3. The number of nitrogens with zero attached hydrogens (tertiary/aromatic N) is 1. The first-order valence-corrected chi connectivity index (χ1v) is 24.9. The molecule has 300 valence electrons. The minimum atomic E-state index is -4.50. The van der Waals surface area contributed by atoms with E-state index in [1.165, 1.54) is 53.6 Å². The van der Waals surface area contributed by atoms with E-state index in [1.54, 1.807) is 6.92 Å². The van der Waals surface area contributed by atoms with Gasteiger partial charge in [-0.05, 0) is 84.3 Å². The molecule has 10 rings (SSSR count). The standard InChI is InChI=1S/C56H42F3NSi2/c1-41-36-42(56(57,58)59)38-43(37-41)60-54-34-32-50(61(44-20-8-2-9-21-44,45-22-10-3-11-23-45)46-24-12-4-13-25-46)39-52(54)53-40-51(33-35-55(53)60)62(47-26-14-5-15-27-47,48-28-16-6-17-29-48)49-30-18-7-19-31-49/h2-40H,1H3. The lowest BCUT2D eigenvalue weighted by Crippen LogP contribution is -2.74. The van der Waals surface area contributed by atoms with Crippen molar-refractivity contribution < 1.29 is 13.2 Å². The second kappa shape index (κ2) is 15.8. The zero-order chi connectivity index (χ0) is 42.3. The van der Waals surface area contributed by atoms with Gasteiger partial charge in [0, 0.05) is 16.5 Å². The number of fused-ring (bicyclic) bond motifs is 3. The van der Waals surface area contributed by atoms with Crippen LogP contribution in [0.5, 0.6) is 0 Å². The molecule has 0 N–H and O–H groups in total. The summed E-state index contributed by atoms with van der Waals surface area (Å²) in [5.74, 6) is 0. The fraction of sp³-hybridized carbons (Fsp3) is 0.0357. The third-order valence-corrected chi connectivity index (χ3v) is 22.1. The molecule has 0 fully saturated rings. The van der Waals surface area contributed by atoms with Crippen molar-refractivity contribution in [3.05, 3.63) is 248 Å². The largest absolute Gasteiger partial charge is 0.416 e. The van der Waals surface area contributed by atoms with Gasteiger partial charge >= 0.3 is 6.18 Å². The predicted octanol–water partition coefficient (Wildman–Crippen LogP) is 8.87. The van der Waals surface area contributed by atoms with Gasteiger partial charge in [0.25, 0.3) is 0 Å². The Labute approximate surface area is 362 Å². The van der Waals surface area contributed by atoms with E-state index in [0.717, 1.165) is 21.8 Å². The summed E-state index contributed by atoms with van der Waals surface area (Å²) in [6, 6.07) is 82.7. The van der Waals surface area contributed by atoms with Gasteiger partial charge in [0.2, 0.25) is 0 Å². The number of benzene rings is 9. The molecule has 0 saturated carbocycles. The Hall–Kier alpha value is -7.00. The van der Waals surface area contributed by atoms with Crippen molar-refractivity contribution in [2.45, 2.75) is 13.1 Å². The lowest BCUT2D eigenvalue weighted by Gasteiger charge is -2.34. The van der Waals surface area contributed by atoms with E-state index in [9.17, 15) is 13.2 Å².